The van der Waals surface area contributed by atoms with Crippen molar-refractivity contribution in [2.24, 2.45) is 7.05 Å². The van der Waals surface area contributed by atoms with Crippen LogP contribution in [0, 0.1) is 17.0 Å². The molecule has 15 heavy (non-hydrogen) atoms. The van der Waals surface area contributed by atoms with E-state index in [9.17, 15) is 14.9 Å². The van der Waals surface area contributed by atoms with Crippen molar-refractivity contribution in [3.63, 3.8) is 0 Å². The average Bonchev–Trinajstić information content (AvgIpc) is 2.41. The molecule has 1 aromatic heterocycles. The molecular weight excluding hydrogens is 200 g/mol. The van der Waals surface area contributed by atoms with E-state index in [4.69, 9.17) is 0 Å². The molecule has 1 amide bonds. The van der Waals surface area contributed by atoms with Crippen LogP contribution in [0.3, 0.4) is 0 Å². The van der Waals surface area contributed by atoms with E-state index in [1.807, 2.05) is 0 Å². The summed E-state index contributed by atoms with van der Waals surface area (Å²) in [5.41, 5.74) is 0.256. The second-order valence-electron chi connectivity index (χ2n) is 3.44. The summed E-state index contributed by atoms with van der Waals surface area (Å²) in [5, 5.41) is 13.4. The molecule has 0 unspecified atom stereocenters. The molecule has 0 aliphatic heterocycles. The van der Waals surface area contributed by atoms with Gasteiger partial charge in [-0.25, -0.2) is 0 Å². The van der Waals surface area contributed by atoms with Gasteiger partial charge >= 0.3 is 5.69 Å². The van der Waals surface area contributed by atoms with E-state index in [-0.39, 0.29) is 11.4 Å². The Labute approximate surface area is 86.4 Å². The number of nitrogens with one attached hydrogen (secondary N) is 1. The smallest absolute Gasteiger partial charge is 0.343 e. The van der Waals surface area contributed by atoms with Gasteiger partial charge in [-0.15, -0.1) is 4.68 Å². The first-order valence-electron chi connectivity index (χ1n) is 4.31. The number of nitrogens with zero attached hydrogens (tertiary/aromatic N) is 3. The fourth-order valence-corrected chi connectivity index (χ4v) is 1.24. The van der Waals surface area contributed by atoms with Crippen LogP contribution in [-0.4, -0.2) is 34.9 Å². The number of H-pyrrole nitrogens is 1. The van der Waals surface area contributed by atoms with Crippen molar-refractivity contribution in [1.82, 2.24) is 10.00 Å². The Morgan fingerprint density at radius 2 is 2.07 bits per heavy atom. The summed E-state index contributed by atoms with van der Waals surface area (Å²) >= 11 is 0. The second-order valence-corrected chi connectivity index (χ2v) is 3.44. The Hall–Kier alpha value is -1.92. The van der Waals surface area contributed by atoms with Crippen molar-refractivity contribution < 1.29 is 14.4 Å². The average molecular weight is 213 g/mol. The number of hydrogen-bond acceptors (Lipinski definition) is 3. The molecule has 1 N–H and O–H groups in total. The Morgan fingerprint density at radius 1 is 1.53 bits per heavy atom. The normalized spacial score (nSPS) is 10.1. The summed E-state index contributed by atoms with van der Waals surface area (Å²) in [5.74, 6) is -0.412. The molecule has 1 rings (SSSR count). The predicted molar refractivity (Wildman–Crippen MR) is 51.4 cm³/mol. The van der Waals surface area contributed by atoms with Crippen molar-refractivity contribution in [2.45, 2.75) is 6.92 Å². The summed E-state index contributed by atoms with van der Waals surface area (Å²) in [4.78, 5) is 23.1. The SMILES string of the molecule is Cc1c([N+](=O)[O-])c(C(=O)N(C)C)[nH][n+]1C. The van der Waals surface area contributed by atoms with Crippen LogP contribution >= 0.6 is 0 Å². The van der Waals surface area contributed by atoms with Gasteiger partial charge in [0.05, 0.1) is 4.92 Å². The number of aryl methyl sites for hydroxylation is 1. The van der Waals surface area contributed by atoms with Gasteiger partial charge in [-0.05, 0) is 0 Å². The van der Waals surface area contributed by atoms with E-state index in [0.717, 1.165) is 0 Å². The molecule has 0 atom stereocenters. The lowest BCUT2D eigenvalue weighted by Crippen LogP contribution is -2.34. The van der Waals surface area contributed by atoms with Crippen molar-refractivity contribution in [2.75, 3.05) is 14.1 Å². The van der Waals surface area contributed by atoms with E-state index >= 15 is 0 Å². The molecule has 1 aromatic rings. The van der Waals surface area contributed by atoms with Crippen molar-refractivity contribution in [1.29, 1.82) is 0 Å². The molecular formula is C8H13N4O3+. The van der Waals surface area contributed by atoms with Gasteiger partial charge in [0.1, 0.15) is 0 Å². The maximum Gasteiger partial charge on any atom is 0.371 e. The minimum absolute atomic E-state index is 0.00463. The zero-order valence-electron chi connectivity index (χ0n) is 9.07. The third-order valence-corrected chi connectivity index (χ3v) is 2.16. The van der Waals surface area contributed by atoms with Crippen LogP contribution in [-0.2, 0) is 7.05 Å². The largest absolute Gasteiger partial charge is 0.371 e. The number of aromatic nitrogens is 2. The van der Waals surface area contributed by atoms with Gasteiger partial charge < -0.3 is 4.90 Å². The number of hydrogen-bond donors (Lipinski definition) is 1. The first-order valence-corrected chi connectivity index (χ1v) is 4.31. The lowest BCUT2D eigenvalue weighted by Gasteiger charge is -2.05. The number of nitro groups is 1. The van der Waals surface area contributed by atoms with Crippen molar-refractivity contribution >= 4 is 11.6 Å². The van der Waals surface area contributed by atoms with Crippen LogP contribution in [0.15, 0.2) is 0 Å². The van der Waals surface area contributed by atoms with Gasteiger partial charge in [0.15, 0.2) is 7.05 Å². The molecule has 0 fully saturated rings. The summed E-state index contributed by atoms with van der Waals surface area (Å²) in [6.45, 7) is 1.58. The summed E-state index contributed by atoms with van der Waals surface area (Å²) in [7, 11) is 4.71. The molecule has 7 nitrogen and oxygen atoms in total. The quantitative estimate of drug-likeness (QED) is 0.418. The van der Waals surface area contributed by atoms with Gasteiger partial charge in [-0.3, -0.25) is 14.9 Å². The van der Waals surface area contributed by atoms with Crippen LogP contribution in [0.25, 0.3) is 0 Å². The first kappa shape index (κ1) is 11.2. The van der Waals surface area contributed by atoms with Crippen LogP contribution in [0.4, 0.5) is 5.69 Å². The topological polar surface area (TPSA) is 83.1 Å². The van der Waals surface area contributed by atoms with Crippen LogP contribution in [0.1, 0.15) is 16.2 Å². The number of carbonyl (C=O) groups excluding carboxylic acids is 1. The molecule has 0 aliphatic rings. The van der Waals surface area contributed by atoms with Gasteiger partial charge in [-0.1, -0.05) is 0 Å². The fraction of sp³-hybridized carbons (Fsp3) is 0.500. The van der Waals surface area contributed by atoms with Gasteiger partial charge in [0, 0.05) is 21.0 Å². The molecule has 0 radical (unpaired) electrons. The second kappa shape index (κ2) is 3.68. The maximum atomic E-state index is 11.6. The predicted octanol–water partition coefficient (Wildman–Crippen LogP) is -0.242. The summed E-state index contributed by atoms with van der Waals surface area (Å²) < 4.78 is 1.45. The van der Waals surface area contributed by atoms with E-state index in [1.165, 1.54) is 9.58 Å². The summed E-state index contributed by atoms with van der Waals surface area (Å²) in [6, 6.07) is 0. The molecule has 0 saturated heterocycles. The number of aromatic amines is 1. The Kier molecular flexibility index (Phi) is 2.74. The van der Waals surface area contributed by atoms with Crippen LogP contribution in [0.2, 0.25) is 0 Å². The highest BCUT2D eigenvalue weighted by molar-refractivity contribution is 5.95. The first-order chi connectivity index (χ1) is 6.86. The highest BCUT2D eigenvalue weighted by Gasteiger charge is 2.34. The molecule has 0 spiro atoms. The van der Waals surface area contributed by atoms with Gasteiger partial charge in [0.25, 0.3) is 11.6 Å². The zero-order valence-corrected chi connectivity index (χ0v) is 9.07. The van der Waals surface area contributed by atoms with E-state index in [2.05, 4.69) is 5.10 Å². The van der Waals surface area contributed by atoms with E-state index < -0.39 is 10.8 Å². The number of rotatable bonds is 2. The Bertz CT molecular complexity index is 422. The third-order valence-electron chi connectivity index (χ3n) is 2.16. The van der Waals surface area contributed by atoms with Crippen LogP contribution < -0.4 is 4.68 Å². The minimum Gasteiger partial charge on any atom is -0.343 e. The zero-order chi connectivity index (χ0) is 11.7. The van der Waals surface area contributed by atoms with Crippen molar-refractivity contribution in [3.8, 4) is 0 Å². The molecule has 0 aliphatic carbocycles. The molecule has 7 heteroatoms. The van der Waals surface area contributed by atoms with Gasteiger partial charge in [0.2, 0.25) is 5.69 Å². The lowest BCUT2D eigenvalue weighted by atomic mass is 10.3. The van der Waals surface area contributed by atoms with Crippen LogP contribution in [0.5, 0.6) is 0 Å². The van der Waals surface area contributed by atoms with Gasteiger partial charge in [-0.2, -0.15) is 5.10 Å². The number of carbonyl (C=O) groups is 1. The highest BCUT2D eigenvalue weighted by atomic mass is 16.6. The fourth-order valence-electron chi connectivity index (χ4n) is 1.24. The Balaban J connectivity index is 3.36. The maximum absolute atomic E-state index is 11.6. The highest BCUT2D eigenvalue weighted by Crippen LogP contribution is 2.19. The molecule has 1 heterocycles. The minimum atomic E-state index is -0.553. The molecule has 0 bridgehead atoms. The van der Waals surface area contributed by atoms with Crippen molar-refractivity contribution in [3.05, 3.63) is 21.5 Å². The third kappa shape index (κ3) is 1.80. The lowest BCUT2D eigenvalue weighted by molar-refractivity contribution is -0.733. The monoisotopic (exact) mass is 213 g/mol. The standard InChI is InChI=1S/C8H12N4O3/c1-5-7(12(14)15)6(9-11(5)4)8(13)10(2)3/h1-4H3/p+1. The number of amides is 1. The molecule has 0 aromatic carbocycles. The Morgan fingerprint density at radius 3 is 2.47 bits per heavy atom. The molecule has 82 valence electrons. The van der Waals surface area contributed by atoms with E-state index in [1.54, 1.807) is 28.1 Å². The summed E-state index contributed by atoms with van der Waals surface area (Å²) in [6.07, 6.45) is 0. The molecule has 0 saturated carbocycles. The van der Waals surface area contributed by atoms with E-state index in [0.29, 0.717) is 5.69 Å².